The summed E-state index contributed by atoms with van der Waals surface area (Å²) in [4.78, 5) is 12.1. The Balaban J connectivity index is 1.74. The van der Waals surface area contributed by atoms with Gasteiger partial charge in [-0.1, -0.05) is 6.07 Å². The van der Waals surface area contributed by atoms with Crippen molar-refractivity contribution in [1.82, 2.24) is 14.5 Å². The highest BCUT2D eigenvalue weighted by molar-refractivity contribution is 7.89. The van der Waals surface area contributed by atoms with Gasteiger partial charge in [-0.15, -0.1) is 10.2 Å². The fourth-order valence-corrected chi connectivity index (χ4v) is 4.65. The summed E-state index contributed by atoms with van der Waals surface area (Å²) < 4.78 is 33.0. The third-order valence-electron chi connectivity index (χ3n) is 4.48. The largest absolute Gasteiger partial charge is 0.472 e. The highest BCUT2D eigenvalue weighted by Crippen LogP contribution is 2.28. The van der Waals surface area contributed by atoms with E-state index in [1.807, 2.05) is 19.0 Å². The number of rotatable bonds is 6. The number of aromatic nitrogens is 2. The molecule has 2 aromatic rings. The number of aryl methyl sites for hydroxylation is 1. The second-order valence-electron chi connectivity index (χ2n) is 6.72. The first-order valence-electron chi connectivity index (χ1n) is 8.61. The molecule has 28 heavy (non-hydrogen) atoms. The third kappa shape index (κ3) is 4.04. The van der Waals surface area contributed by atoms with Crippen LogP contribution in [0.2, 0.25) is 0 Å². The van der Waals surface area contributed by atoms with Crippen LogP contribution in [0.1, 0.15) is 12.0 Å². The van der Waals surface area contributed by atoms with Gasteiger partial charge in [0.15, 0.2) is 5.82 Å². The minimum absolute atomic E-state index is 0.0579. The Labute approximate surface area is 162 Å². The van der Waals surface area contributed by atoms with Gasteiger partial charge in [0, 0.05) is 38.8 Å². The Kier molecular flexibility index (Phi) is 5.47. The number of nitro benzene ring substituents is 1. The van der Waals surface area contributed by atoms with Crippen LogP contribution >= 0.6 is 0 Å². The number of hydrogen-bond acceptors (Lipinski definition) is 8. The number of nitrogens with zero attached hydrogens (tertiary/aromatic N) is 5. The normalized spacial score (nSPS) is 17.5. The second-order valence-corrected chi connectivity index (χ2v) is 8.63. The first-order valence-corrected chi connectivity index (χ1v) is 10.1. The highest BCUT2D eigenvalue weighted by Gasteiger charge is 2.35. The minimum atomic E-state index is -3.86. The Hall–Kier alpha value is -2.79. The number of anilines is 1. The molecule has 150 valence electrons. The number of sulfonamides is 1. The van der Waals surface area contributed by atoms with Gasteiger partial charge in [0.2, 0.25) is 15.9 Å². The van der Waals surface area contributed by atoms with E-state index in [1.165, 1.54) is 16.4 Å². The Morgan fingerprint density at radius 1 is 1.25 bits per heavy atom. The van der Waals surface area contributed by atoms with E-state index in [9.17, 15) is 18.5 Å². The first-order chi connectivity index (χ1) is 13.2. The monoisotopic (exact) mass is 407 g/mol. The van der Waals surface area contributed by atoms with Crippen LogP contribution in [0.4, 0.5) is 11.5 Å². The molecule has 0 bridgehead atoms. The summed E-state index contributed by atoms with van der Waals surface area (Å²) in [5.74, 6) is 1.01. The molecule has 0 aliphatic carbocycles. The van der Waals surface area contributed by atoms with Crippen molar-refractivity contribution in [2.45, 2.75) is 24.3 Å². The average molecular weight is 407 g/mol. The molecule has 10 nitrogen and oxygen atoms in total. The average Bonchev–Trinajstić information content (AvgIpc) is 3.11. The van der Waals surface area contributed by atoms with Crippen molar-refractivity contribution in [2.24, 2.45) is 0 Å². The van der Waals surface area contributed by atoms with E-state index >= 15 is 0 Å². The zero-order valence-corrected chi connectivity index (χ0v) is 16.6. The molecular weight excluding hydrogens is 386 g/mol. The molecule has 0 radical (unpaired) electrons. The maximum absolute atomic E-state index is 13.0. The predicted octanol–water partition coefficient (Wildman–Crippen LogP) is 1.60. The molecule has 1 aliphatic rings. The van der Waals surface area contributed by atoms with Gasteiger partial charge < -0.3 is 9.64 Å². The molecule has 1 saturated heterocycles. The molecule has 1 unspecified atom stereocenters. The van der Waals surface area contributed by atoms with Crippen molar-refractivity contribution in [3.05, 3.63) is 46.0 Å². The lowest BCUT2D eigenvalue weighted by Crippen LogP contribution is -2.31. The Morgan fingerprint density at radius 2 is 2.00 bits per heavy atom. The third-order valence-corrected chi connectivity index (χ3v) is 6.49. The smallest absolute Gasteiger partial charge is 0.270 e. The van der Waals surface area contributed by atoms with Gasteiger partial charge in [0.1, 0.15) is 6.10 Å². The summed E-state index contributed by atoms with van der Waals surface area (Å²) in [6.07, 6.45) is 0.123. The molecule has 1 atom stereocenters. The molecule has 0 N–H and O–H groups in total. The molecule has 3 rings (SSSR count). The summed E-state index contributed by atoms with van der Waals surface area (Å²) in [6.45, 7) is 2.02. The van der Waals surface area contributed by atoms with Crippen LogP contribution in [0.25, 0.3) is 0 Å². The maximum atomic E-state index is 13.0. The molecule has 1 fully saturated rings. The zero-order chi connectivity index (χ0) is 20.5. The van der Waals surface area contributed by atoms with Gasteiger partial charge in [0.05, 0.1) is 16.4 Å². The fraction of sp³-hybridized carbons (Fsp3) is 0.412. The van der Waals surface area contributed by atoms with E-state index in [0.717, 1.165) is 6.07 Å². The summed E-state index contributed by atoms with van der Waals surface area (Å²) >= 11 is 0. The molecular formula is C17H21N5O5S. The number of hydrogen-bond donors (Lipinski definition) is 0. The van der Waals surface area contributed by atoms with E-state index < -0.39 is 14.9 Å². The molecule has 1 aromatic heterocycles. The molecule has 1 aromatic carbocycles. The van der Waals surface area contributed by atoms with Crippen molar-refractivity contribution in [1.29, 1.82) is 0 Å². The fourth-order valence-electron chi connectivity index (χ4n) is 2.92. The summed E-state index contributed by atoms with van der Waals surface area (Å²) in [5, 5.41) is 19.0. The van der Waals surface area contributed by atoms with Crippen molar-refractivity contribution in [2.75, 3.05) is 32.1 Å². The lowest BCUT2D eigenvalue weighted by Gasteiger charge is -2.18. The predicted molar refractivity (Wildman–Crippen MR) is 102 cm³/mol. The van der Waals surface area contributed by atoms with Gasteiger partial charge in [-0.2, -0.15) is 4.31 Å². The Bertz CT molecular complexity index is 978. The van der Waals surface area contributed by atoms with Crippen LogP contribution < -0.4 is 9.64 Å². The maximum Gasteiger partial charge on any atom is 0.270 e. The van der Waals surface area contributed by atoms with E-state index in [2.05, 4.69) is 10.2 Å². The summed E-state index contributed by atoms with van der Waals surface area (Å²) in [5.41, 5.74) is 0.201. The zero-order valence-electron chi connectivity index (χ0n) is 15.8. The van der Waals surface area contributed by atoms with E-state index in [1.54, 1.807) is 19.1 Å². The molecule has 0 saturated carbocycles. The van der Waals surface area contributed by atoms with E-state index in [0.29, 0.717) is 23.7 Å². The van der Waals surface area contributed by atoms with Crippen LogP contribution in [0, 0.1) is 17.0 Å². The topological polar surface area (TPSA) is 119 Å². The van der Waals surface area contributed by atoms with Crippen molar-refractivity contribution in [3.8, 4) is 5.88 Å². The molecule has 2 heterocycles. The van der Waals surface area contributed by atoms with Gasteiger partial charge in [0.25, 0.3) is 5.69 Å². The lowest BCUT2D eigenvalue weighted by molar-refractivity contribution is -0.385. The summed E-state index contributed by atoms with van der Waals surface area (Å²) in [6, 6.07) is 7.28. The minimum Gasteiger partial charge on any atom is -0.472 e. The number of ether oxygens (including phenoxy) is 1. The van der Waals surface area contributed by atoms with Crippen molar-refractivity contribution in [3.63, 3.8) is 0 Å². The summed E-state index contributed by atoms with van der Waals surface area (Å²) in [7, 11) is -0.168. The quantitative estimate of drug-likeness (QED) is 0.523. The van der Waals surface area contributed by atoms with Gasteiger partial charge in [-0.3, -0.25) is 10.1 Å². The number of benzene rings is 1. The first kappa shape index (κ1) is 20.0. The molecule has 11 heteroatoms. The van der Waals surface area contributed by atoms with E-state index in [-0.39, 0.29) is 29.8 Å². The van der Waals surface area contributed by atoms with Crippen LogP contribution in [0.5, 0.6) is 5.88 Å². The van der Waals surface area contributed by atoms with Crippen LogP contribution in [0.15, 0.2) is 35.2 Å². The van der Waals surface area contributed by atoms with Gasteiger partial charge >= 0.3 is 0 Å². The second kappa shape index (κ2) is 7.68. The number of nitro groups is 1. The molecule has 0 spiro atoms. The van der Waals surface area contributed by atoms with Gasteiger partial charge in [-0.05, 0) is 25.0 Å². The van der Waals surface area contributed by atoms with Crippen molar-refractivity contribution >= 4 is 21.5 Å². The number of non-ortho nitro benzene ring substituents is 1. The molecule has 0 amide bonds. The highest BCUT2D eigenvalue weighted by atomic mass is 32.2. The Morgan fingerprint density at radius 3 is 2.61 bits per heavy atom. The van der Waals surface area contributed by atoms with E-state index in [4.69, 9.17) is 4.74 Å². The van der Waals surface area contributed by atoms with Crippen molar-refractivity contribution < 1.29 is 18.1 Å². The van der Waals surface area contributed by atoms with Crippen LogP contribution in [-0.4, -0.2) is 61.1 Å². The van der Waals surface area contributed by atoms with Gasteiger partial charge in [-0.25, -0.2) is 8.42 Å². The van der Waals surface area contributed by atoms with Crippen LogP contribution in [0.3, 0.4) is 0 Å². The van der Waals surface area contributed by atoms with Crippen LogP contribution in [-0.2, 0) is 10.0 Å². The molecule has 1 aliphatic heterocycles. The standard InChI is InChI=1S/C17H21N5O5S/c1-12-4-5-13(22(23)24)10-15(12)28(25,26)21-9-8-14(11-21)27-17-7-6-16(18-19-17)20(2)3/h4-7,10,14H,8-9,11H2,1-3H3. The SMILES string of the molecule is Cc1ccc([N+](=O)[O-])cc1S(=O)(=O)N1CCC(Oc2ccc(N(C)C)nn2)C1. The lowest BCUT2D eigenvalue weighted by atomic mass is 10.2.